The molecule has 0 aliphatic heterocycles. The third kappa shape index (κ3) is 6.80. The highest BCUT2D eigenvalue weighted by molar-refractivity contribution is 7.89. The third-order valence-electron chi connectivity index (χ3n) is 2.32. The van der Waals surface area contributed by atoms with E-state index in [0.29, 0.717) is 13.0 Å². The Kier molecular flexibility index (Phi) is 6.86. The van der Waals surface area contributed by atoms with Crippen molar-refractivity contribution in [2.75, 3.05) is 19.5 Å². The Hall–Kier alpha value is -1.22. The van der Waals surface area contributed by atoms with Gasteiger partial charge in [-0.2, -0.15) is 0 Å². The van der Waals surface area contributed by atoms with Crippen LogP contribution in [-0.2, 0) is 26.1 Å². The van der Waals surface area contributed by atoms with Gasteiger partial charge in [-0.25, -0.2) is 17.9 Å². The van der Waals surface area contributed by atoms with E-state index in [2.05, 4.69) is 4.72 Å². The number of rotatable bonds is 9. The number of hydrogen-bond acceptors (Lipinski definition) is 5. The van der Waals surface area contributed by atoms with Gasteiger partial charge < -0.3 is 9.84 Å². The van der Waals surface area contributed by atoms with Gasteiger partial charge in [0.2, 0.25) is 10.0 Å². The Morgan fingerprint density at radius 2 is 2.30 bits per heavy atom. The number of thiophene rings is 1. The molecule has 0 unspecified atom stereocenters. The van der Waals surface area contributed by atoms with Crippen LogP contribution in [0.15, 0.2) is 17.5 Å². The number of carbonyl (C=O) groups is 1. The molecular formula is C12H17NO5S2. The fraction of sp³-hybridized carbons (Fsp3) is 0.417. The molecule has 0 saturated heterocycles. The van der Waals surface area contributed by atoms with Gasteiger partial charge in [-0.1, -0.05) is 0 Å². The number of carboxylic acids is 1. The van der Waals surface area contributed by atoms with Crippen molar-refractivity contribution in [2.45, 2.75) is 13.0 Å². The zero-order chi connectivity index (χ0) is 15.0. The molecule has 20 heavy (non-hydrogen) atoms. The number of hydrogen-bond donors (Lipinski definition) is 2. The minimum absolute atomic E-state index is 0.0258. The summed E-state index contributed by atoms with van der Waals surface area (Å²) < 4.78 is 30.6. The average molecular weight is 319 g/mol. The van der Waals surface area contributed by atoms with E-state index in [0.717, 1.165) is 16.5 Å². The standard InChI is InChI=1S/C12H17NO5S2/c1-18-5-2-6-20(16,17)13-8-11-7-10(9-19-11)3-4-12(14)15/h3-4,7,9,13H,2,5-6,8H2,1H3,(H,14,15). The summed E-state index contributed by atoms with van der Waals surface area (Å²) in [7, 11) is -1.78. The van der Waals surface area contributed by atoms with Crippen LogP contribution in [-0.4, -0.2) is 39.0 Å². The summed E-state index contributed by atoms with van der Waals surface area (Å²) in [5.74, 6) is -0.991. The van der Waals surface area contributed by atoms with Crippen LogP contribution in [0.1, 0.15) is 16.9 Å². The Morgan fingerprint density at radius 1 is 1.55 bits per heavy atom. The molecule has 0 saturated carbocycles. The Labute approximate surface area is 122 Å². The van der Waals surface area contributed by atoms with Crippen molar-refractivity contribution >= 4 is 33.4 Å². The molecule has 1 heterocycles. The predicted octanol–water partition coefficient (Wildman–Crippen LogP) is 1.30. The third-order valence-corrected chi connectivity index (χ3v) is 4.69. The lowest BCUT2D eigenvalue weighted by Crippen LogP contribution is -2.26. The molecule has 0 atom stereocenters. The molecule has 1 aromatic heterocycles. The zero-order valence-corrected chi connectivity index (χ0v) is 12.7. The summed E-state index contributed by atoms with van der Waals surface area (Å²) in [4.78, 5) is 11.2. The molecule has 6 nitrogen and oxygen atoms in total. The number of nitrogens with one attached hydrogen (secondary N) is 1. The lowest BCUT2D eigenvalue weighted by atomic mass is 10.3. The van der Waals surface area contributed by atoms with E-state index >= 15 is 0 Å². The largest absolute Gasteiger partial charge is 0.478 e. The van der Waals surface area contributed by atoms with Crippen LogP contribution in [0.2, 0.25) is 0 Å². The molecule has 0 aliphatic rings. The first-order valence-electron chi connectivity index (χ1n) is 5.87. The lowest BCUT2D eigenvalue weighted by molar-refractivity contribution is -0.131. The molecule has 0 aliphatic carbocycles. The molecule has 8 heteroatoms. The summed E-state index contributed by atoms with van der Waals surface area (Å²) in [6, 6.07) is 1.75. The molecule has 112 valence electrons. The highest BCUT2D eigenvalue weighted by atomic mass is 32.2. The number of ether oxygens (including phenoxy) is 1. The van der Waals surface area contributed by atoms with Gasteiger partial charge in [0.05, 0.1) is 5.75 Å². The zero-order valence-electron chi connectivity index (χ0n) is 11.0. The van der Waals surface area contributed by atoms with E-state index in [1.807, 2.05) is 0 Å². The second-order valence-electron chi connectivity index (χ2n) is 4.00. The van der Waals surface area contributed by atoms with Gasteiger partial charge in [0.25, 0.3) is 0 Å². The Bertz CT molecular complexity index is 562. The van der Waals surface area contributed by atoms with Crippen LogP contribution in [0.3, 0.4) is 0 Å². The highest BCUT2D eigenvalue weighted by Crippen LogP contribution is 2.16. The normalized spacial score (nSPS) is 12.1. The van der Waals surface area contributed by atoms with Crippen LogP contribution in [0.25, 0.3) is 6.08 Å². The molecule has 0 spiro atoms. The van der Waals surface area contributed by atoms with Crippen molar-refractivity contribution < 1.29 is 23.1 Å². The van der Waals surface area contributed by atoms with Crippen molar-refractivity contribution in [2.24, 2.45) is 0 Å². The summed E-state index contributed by atoms with van der Waals surface area (Å²) >= 11 is 1.37. The van der Waals surface area contributed by atoms with E-state index in [1.165, 1.54) is 24.5 Å². The minimum Gasteiger partial charge on any atom is -0.478 e. The predicted molar refractivity (Wildman–Crippen MR) is 78.1 cm³/mol. The maximum Gasteiger partial charge on any atom is 0.328 e. The first kappa shape index (κ1) is 16.8. The van der Waals surface area contributed by atoms with Crippen molar-refractivity contribution in [1.29, 1.82) is 0 Å². The van der Waals surface area contributed by atoms with Gasteiger partial charge in [-0.15, -0.1) is 11.3 Å². The van der Waals surface area contributed by atoms with Gasteiger partial charge in [0.1, 0.15) is 0 Å². The number of carboxylic acid groups (broad SMARTS) is 1. The molecule has 1 rings (SSSR count). The quantitative estimate of drug-likeness (QED) is 0.529. The first-order valence-corrected chi connectivity index (χ1v) is 8.41. The van der Waals surface area contributed by atoms with Gasteiger partial charge in [-0.3, -0.25) is 0 Å². The smallest absolute Gasteiger partial charge is 0.328 e. The van der Waals surface area contributed by atoms with E-state index in [4.69, 9.17) is 9.84 Å². The van der Waals surface area contributed by atoms with Crippen LogP contribution in [0.4, 0.5) is 0 Å². The molecular weight excluding hydrogens is 302 g/mol. The summed E-state index contributed by atoms with van der Waals surface area (Å²) in [6.07, 6.45) is 2.96. The fourth-order valence-corrected chi connectivity index (χ4v) is 3.29. The van der Waals surface area contributed by atoms with Crippen LogP contribution in [0.5, 0.6) is 0 Å². The summed E-state index contributed by atoms with van der Waals surface area (Å²) in [5.41, 5.74) is 0.742. The lowest BCUT2D eigenvalue weighted by Gasteiger charge is -2.04. The molecule has 0 bridgehead atoms. The number of methoxy groups -OCH3 is 1. The van der Waals surface area contributed by atoms with Crippen LogP contribution < -0.4 is 4.72 Å². The number of aliphatic carboxylic acids is 1. The second kappa shape index (κ2) is 8.15. The maximum absolute atomic E-state index is 11.6. The fourth-order valence-electron chi connectivity index (χ4n) is 1.39. The monoisotopic (exact) mass is 319 g/mol. The minimum atomic E-state index is -3.30. The highest BCUT2D eigenvalue weighted by Gasteiger charge is 2.10. The Morgan fingerprint density at radius 3 is 2.95 bits per heavy atom. The first-order chi connectivity index (χ1) is 9.43. The summed E-state index contributed by atoms with van der Waals surface area (Å²) in [5, 5.41) is 10.3. The molecule has 0 aromatic carbocycles. The Balaban J connectivity index is 2.47. The second-order valence-corrected chi connectivity index (χ2v) is 6.93. The SMILES string of the molecule is COCCCS(=O)(=O)NCc1cc(C=CC(=O)O)cs1. The van der Waals surface area contributed by atoms with Crippen LogP contribution in [0, 0.1) is 0 Å². The van der Waals surface area contributed by atoms with Crippen molar-refractivity contribution in [3.63, 3.8) is 0 Å². The topological polar surface area (TPSA) is 92.7 Å². The van der Waals surface area contributed by atoms with E-state index in [1.54, 1.807) is 11.4 Å². The van der Waals surface area contributed by atoms with Crippen LogP contribution >= 0.6 is 11.3 Å². The molecule has 1 aromatic rings. The van der Waals surface area contributed by atoms with E-state index in [-0.39, 0.29) is 12.3 Å². The molecule has 0 radical (unpaired) electrons. The number of sulfonamides is 1. The van der Waals surface area contributed by atoms with Gasteiger partial charge >= 0.3 is 5.97 Å². The molecule has 0 fully saturated rings. The molecule has 2 N–H and O–H groups in total. The van der Waals surface area contributed by atoms with Crippen molar-refractivity contribution in [3.05, 3.63) is 28.0 Å². The van der Waals surface area contributed by atoms with Crippen molar-refractivity contribution in [1.82, 2.24) is 4.72 Å². The van der Waals surface area contributed by atoms with Gasteiger partial charge in [-0.05, 0) is 29.5 Å². The van der Waals surface area contributed by atoms with Gasteiger partial charge in [0.15, 0.2) is 0 Å². The average Bonchev–Trinajstić information content (AvgIpc) is 2.82. The summed E-state index contributed by atoms with van der Waals surface area (Å²) in [6.45, 7) is 0.616. The van der Waals surface area contributed by atoms with Crippen molar-refractivity contribution in [3.8, 4) is 0 Å². The van der Waals surface area contributed by atoms with E-state index < -0.39 is 16.0 Å². The maximum atomic E-state index is 11.6. The molecule has 0 amide bonds. The van der Waals surface area contributed by atoms with Gasteiger partial charge in [0, 0.05) is 31.2 Å². The van der Waals surface area contributed by atoms with E-state index in [9.17, 15) is 13.2 Å².